The average Bonchev–Trinajstić information content (AvgIpc) is 2.46. The Hall–Kier alpha value is -2.57. The molecule has 0 aliphatic rings. The number of para-hydroxylation sites is 2. The SMILES string of the molecule is CNc1nc(Nc2ccccc2OC)nc(OC(C)C)n1. The lowest BCUT2D eigenvalue weighted by Gasteiger charge is -2.12. The van der Waals surface area contributed by atoms with Gasteiger partial charge in [0.1, 0.15) is 5.75 Å². The Labute approximate surface area is 123 Å². The highest BCUT2D eigenvalue weighted by Gasteiger charge is 2.10. The minimum Gasteiger partial charge on any atom is -0.495 e. The quantitative estimate of drug-likeness (QED) is 0.845. The molecule has 1 heterocycles. The van der Waals surface area contributed by atoms with Crippen LogP contribution in [0.25, 0.3) is 0 Å². The van der Waals surface area contributed by atoms with Crippen LogP contribution in [0.4, 0.5) is 17.6 Å². The molecule has 0 radical (unpaired) electrons. The van der Waals surface area contributed by atoms with Crippen LogP contribution in [0.5, 0.6) is 11.8 Å². The normalized spacial score (nSPS) is 10.3. The number of aromatic nitrogens is 3. The average molecular weight is 289 g/mol. The molecule has 0 aliphatic carbocycles. The summed E-state index contributed by atoms with van der Waals surface area (Å²) in [5, 5.41) is 5.99. The Bertz CT molecular complexity index is 604. The van der Waals surface area contributed by atoms with Gasteiger partial charge in [-0.25, -0.2) is 0 Å². The zero-order valence-corrected chi connectivity index (χ0v) is 12.5. The van der Waals surface area contributed by atoms with Crippen LogP contribution < -0.4 is 20.1 Å². The van der Waals surface area contributed by atoms with E-state index in [9.17, 15) is 0 Å². The fourth-order valence-corrected chi connectivity index (χ4v) is 1.66. The van der Waals surface area contributed by atoms with Crippen LogP contribution in [-0.4, -0.2) is 35.2 Å². The first-order valence-electron chi connectivity index (χ1n) is 6.63. The van der Waals surface area contributed by atoms with Gasteiger partial charge in [0, 0.05) is 7.05 Å². The van der Waals surface area contributed by atoms with E-state index in [1.807, 2.05) is 38.1 Å². The van der Waals surface area contributed by atoms with Crippen LogP contribution in [0.1, 0.15) is 13.8 Å². The van der Waals surface area contributed by atoms with Crippen LogP contribution in [-0.2, 0) is 0 Å². The summed E-state index contributed by atoms with van der Waals surface area (Å²) < 4.78 is 10.8. The third-order valence-corrected chi connectivity index (χ3v) is 2.53. The van der Waals surface area contributed by atoms with Crippen molar-refractivity contribution in [1.29, 1.82) is 0 Å². The van der Waals surface area contributed by atoms with E-state index in [2.05, 4.69) is 25.6 Å². The van der Waals surface area contributed by atoms with Crippen LogP contribution in [0.2, 0.25) is 0 Å². The topological polar surface area (TPSA) is 81.2 Å². The Morgan fingerprint density at radius 3 is 2.43 bits per heavy atom. The summed E-state index contributed by atoms with van der Waals surface area (Å²) in [5.41, 5.74) is 0.767. The molecule has 1 aromatic heterocycles. The van der Waals surface area contributed by atoms with Gasteiger partial charge in [-0.2, -0.15) is 15.0 Å². The van der Waals surface area contributed by atoms with Gasteiger partial charge < -0.3 is 20.1 Å². The van der Waals surface area contributed by atoms with Gasteiger partial charge in [-0.15, -0.1) is 0 Å². The summed E-state index contributed by atoms with van der Waals surface area (Å²) in [7, 11) is 3.35. The molecule has 2 N–H and O–H groups in total. The Kier molecular flexibility index (Phi) is 4.76. The molecule has 2 rings (SSSR count). The molecule has 0 saturated carbocycles. The van der Waals surface area contributed by atoms with Crippen molar-refractivity contribution in [2.45, 2.75) is 20.0 Å². The summed E-state index contributed by atoms with van der Waals surface area (Å²) in [6.07, 6.45) is -0.0174. The van der Waals surface area contributed by atoms with Gasteiger partial charge in [0.25, 0.3) is 0 Å². The predicted molar refractivity (Wildman–Crippen MR) is 81.4 cm³/mol. The molecule has 21 heavy (non-hydrogen) atoms. The number of benzene rings is 1. The number of hydrogen-bond acceptors (Lipinski definition) is 7. The lowest BCUT2D eigenvalue weighted by atomic mass is 10.3. The molecule has 0 aliphatic heterocycles. The fourth-order valence-electron chi connectivity index (χ4n) is 1.66. The number of anilines is 3. The van der Waals surface area contributed by atoms with Gasteiger partial charge >= 0.3 is 6.01 Å². The second-order valence-electron chi connectivity index (χ2n) is 4.51. The lowest BCUT2D eigenvalue weighted by molar-refractivity contribution is 0.222. The van der Waals surface area contributed by atoms with Gasteiger partial charge in [-0.1, -0.05) is 12.1 Å². The highest BCUT2D eigenvalue weighted by atomic mass is 16.5. The summed E-state index contributed by atoms with van der Waals surface area (Å²) in [4.78, 5) is 12.6. The summed E-state index contributed by atoms with van der Waals surface area (Å²) >= 11 is 0. The zero-order valence-electron chi connectivity index (χ0n) is 12.5. The van der Waals surface area contributed by atoms with Crippen molar-refractivity contribution in [1.82, 2.24) is 15.0 Å². The first kappa shape index (κ1) is 14.8. The minimum atomic E-state index is -0.0174. The maximum Gasteiger partial charge on any atom is 0.323 e. The first-order valence-corrected chi connectivity index (χ1v) is 6.63. The summed E-state index contributed by atoms with van der Waals surface area (Å²) in [5.74, 6) is 1.52. The highest BCUT2D eigenvalue weighted by molar-refractivity contribution is 5.62. The van der Waals surface area contributed by atoms with Gasteiger partial charge in [-0.3, -0.25) is 0 Å². The van der Waals surface area contributed by atoms with Crippen LogP contribution in [0.15, 0.2) is 24.3 Å². The Morgan fingerprint density at radius 1 is 1.05 bits per heavy atom. The number of nitrogens with zero attached hydrogens (tertiary/aromatic N) is 3. The van der Waals surface area contributed by atoms with Crippen molar-refractivity contribution in [3.63, 3.8) is 0 Å². The molecular weight excluding hydrogens is 270 g/mol. The standard InChI is InChI=1S/C14H19N5O2/c1-9(2)21-14-18-12(15-3)17-13(19-14)16-10-7-5-6-8-11(10)20-4/h5-9H,1-4H3,(H2,15,16,17,18,19). The van der Waals surface area contributed by atoms with E-state index >= 15 is 0 Å². The third kappa shape index (κ3) is 3.95. The van der Waals surface area contributed by atoms with E-state index in [0.717, 1.165) is 5.69 Å². The van der Waals surface area contributed by atoms with Crippen molar-refractivity contribution in [3.05, 3.63) is 24.3 Å². The monoisotopic (exact) mass is 289 g/mol. The largest absolute Gasteiger partial charge is 0.495 e. The number of methoxy groups -OCH3 is 1. The summed E-state index contributed by atoms with van der Waals surface area (Å²) in [6, 6.07) is 7.79. The Morgan fingerprint density at radius 2 is 1.76 bits per heavy atom. The molecule has 0 bridgehead atoms. The first-order chi connectivity index (χ1) is 10.1. The molecule has 0 fully saturated rings. The molecule has 112 valence electrons. The van der Waals surface area contributed by atoms with Crippen LogP contribution >= 0.6 is 0 Å². The summed E-state index contributed by atoms with van der Waals surface area (Å²) in [6.45, 7) is 3.83. The van der Waals surface area contributed by atoms with Crippen LogP contribution in [0.3, 0.4) is 0 Å². The second kappa shape index (κ2) is 6.74. The molecule has 0 amide bonds. The van der Waals surface area contributed by atoms with Crippen LogP contribution in [0, 0.1) is 0 Å². The van der Waals surface area contributed by atoms with Gasteiger partial charge in [0.2, 0.25) is 11.9 Å². The molecule has 1 aromatic carbocycles. The molecule has 0 spiro atoms. The second-order valence-corrected chi connectivity index (χ2v) is 4.51. The van der Waals surface area contributed by atoms with E-state index in [0.29, 0.717) is 17.6 Å². The van der Waals surface area contributed by atoms with Crippen molar-refractivity contribution in [2.24, 2.45) is 0 Å². The number of nitrogens with one attached hydrogen (secondary N) is 2. The third-order valence-electron chi connectivity index (χ3n) is 2.53. The Balaban J connectivity index is 2.30. The number of ether oxygens (including phenoxy) is 2. The molecular formula is C14H19N5O2. The smallest absolute Gasteiger partial charge is 0.323 e. The predicted octanol–water partition coefficient (Wildman–Crippen LogP) is 2.45. The van der Waals surface area contributed by atoms with E-state index in [4.69, 9.17) is 9.47 Å². The molecule has 7 nitrogen and oxygen atoms in total. The van der Waals surface area contributed by atoms with Gasteiger partial charge in [-0.05, 0) is 26.0 Å². The highest BCUT2D eigenvalue weighted by Crippen LogP contribution is 2.26. The van der Waals surface area contributed by atoms with E-state index in [1.54, 1.807) is 14.2 Å². The molecule has 0 unspecified atom stereocenters. The molecule has 7 heteroatoms. The molecule has 2 aromatic rings. The zero-order chi connectivity index (χ0) is 15.2. The van der Waals surface area contributed by atoms with Crippen molar-refractivity contribution in [2.75, 3.05) is 24.8 Å². The van der Waals surface area contributed by atoms with Crippen molar-refractivity contribution in [3.8, 4) is 11.8 Å². The number of hydrogen-bond donors (Lipinski definition) is 2. The maximum absolute atomic E-state index is 5.52. The van der Waals surface area contributed by atoms with Crippen molar-refractivity contribution < 1.29 is 9.47 Å². The fraction of sp³-hybridized carbons (Fsp3) is 0.357. The lowest BCUT2D eigenvalue weighted by Crippen LogP contribution is -2.12. The van der Waals surface area contributed by atoms with Gasteiger partial charge in [0.05, 0.1) is 18.9 Å². The number of rotatable bonds is 6. The van der Waals surface area contributed by atoms with E-state index in [1.165, 1.54) is 0 Å². The van der Waals surface area contributed by atoms with Gasteiger partial charge in [0.15, 0.2) is 0 Å². The molecule has 0 saturated heterocycles. The maximum atomic E-state index is 5.52. The van der Waals surface area contributed by atoms with Crippen molar-refractivity contribution >= 4 is 17.6 Å². The molecule has 0 atom stereocenters. The van der Waals surface area contributed by atoms with E-state index in [-0.39, 0.29) is 12.1 Å². The minimum absolute atomic E-state index is 0.0174. The van der Waals surface area contributed by atoms with E-state index < -0.39 is 0 Å².